The Kier molecular flexibility index (Phi) is 4.31. The first-order valence-electron chi connectivity index (χ1n) is 5.38. The number of hydrogen-bond donors (Lipinski definition) is 1. The van der Waals surface area contributed by atoms with Crippen LogP contribution in [0.1, 0.15) is 26.2 Å². The van der Waals surface area contributed by atoms with E-state index in [-0.39, 0.29) is 11.0 Å². The summed E-state index contributed by atoms with van der Waals surface area (Å²) in [6, 6.07) is 0. The van der Waals surface area contributed by atoms with Crippen molar-refractivity contribution in [2.75, 3.05) is 19.5 Å². The largest absolute Gasteiger partial charge is 0.393 e. The molecule has 16 heavy (non-hydrogen) atoms. The molecule has 0 aromatic heterocycles. The molecule has 6 heteroatoms. The molecular formula is C10H19NO3S2. The Bertz CT molecular complexity index is 366. The highest BCUT2D eigenvalue weighted by molar-refractivity contribution is 7.92. The highest BCUT2D eigenvalue weighted by Crippen LogP contribution is 2.41. The predicted octanol–water partition coefficient (Wildman–Crippen LogP) is 0.892. The van der Waals surface area contributed by atoms with Crippen LogP contribution in [0.25, 0.3) is 0 Å². The van der Waals surface area contributed by atoms with Crippen LogP contribution in [0.5, 0.6) is 0 Å². The van der Waals surface area contributed by atoms with Gasteiger partial charge in [-0.05, 0) is 19.3 Å². The highest BCUT2D eigenvalue weighted by Gasteiger charge is 2.45. The van der Waals surface area contributed by atoms with Crippen LogP contribution in [0, 0.1) is 5.41 Å². The lowest BCUT2D eigenvalue weighted by molar-refractivity contribution is 0.127. The van der Waals surface area contributed by atoms with Crippen LogP contribution in [-0.2, 0) is 14.6 Å². The van der Waals surface area contributed by atoms with Crippen molar-refractivity contribution in [3.63, 3.8) is 0 Å². The van der Waals surface area contributed by atoms with Gasteiger partial charge in [0.05, 0.1) is 16.8 Å². The van der Waals surface area contributed by atoms with Gasteiger partial charge in [0.2, 0.25) is 0 Å². The minimum Gasteiger partial charge on any atom is -0.393 e. The van der Waals surface area contributed by atoms with Crippen molar-refractivity contribution in [1.29, 1.82) is 0 Å². The van der Waals surface area contributed by atoms with Gasteiger partial charge in [-0.25, -0.2) is 8.42 Å². The first-order valence-corrected chi connectivity index (χ1v) is 7.51. The Labute approximate surface area is 102 Å². The van der Waals surface area contributed by atoms with Gasteiger partial charge < -0.3 is 10.5 Å². The fourth-order valence-corrected chi connectivity index (χ4v) is 4.09. The molecule has 0 unspecified atom stereocenters. The zero-order chi connectivity index (χ0) is 12.4. The number of hydrogen-bond acceptors (Lipinski definition) is 4. The van der Waals surface area contributed by atoms with E-state index in [4.69, 9.17) is 22.7 Å². The Morgan fingerprint density at radius 2 is 2.25 bits per heavy atom. The topological polar surface area (TPSA) is 69.4 Å². The molecule has 94 valence electrons. The normalized spacial score (nSPS) is 30.5. The Hall–Kier alpha value is -0.200. The van der Waals surface area contributed by atoms with Crippen LogP contribution in [0.4, 0.5) is 0 Å². The quantitative estimate of drug-likeness (QED) is 0.748. The summed E-state index contributed by atoms with van der Waals surface area (Å²) in [7, 11) is -1.41. The molecule has 4 nitrogen and oxygen atoms in total. The average Bonchev–Trinajstić information content (AvgIpc) is 2.65. The molecule has 1 rings (SSSR count). The first-order chi connectivity index (χ1) is 7.38. The maximum absolute atomic E-state index is 11.8. The van der Waals surface area contributed by atoms with Crippen LogP contribution in [0.2, 0.25) is 0 Å². The fraction of sp³-hybridized carbons (Fsp3) is 0.900. The molecule has 1 aliphatic rings. The summed E-state index contributed by atoms with van der Waals surface area (Å²) >= 11 is 5.05. The smallest absolute Gasteiger partial charge is 0.152 e. The summed E-state index contributed by atoms with van der Waals surface area (Å²) in [5.74, 6) is 0.179. The van der Waals surface area contributed by atoms with E-state index in [1.54, 1.807) is 14.0 Å². The molecule has 2 atom stereocenters. The molecule has 0 radical (unpaired) electrons. The summed E-state index contributed by atoms with van der Waals surface area (Å²) in [4.78, 5) is 0.378. The molecule has 0 saturated heterocycles. The van der Waals surface area contributed by atoms with Crippen molar-refractivity contribution >= 4 is 27.0 Å². The predicted molar refractivity (Wildman–Crippen MR) is 68.2 cm³/mol. The van der Waals surface area contributed by atoms with E-state index in [9.17, 15) is 8.42 Å². The second-order valence-corrected chi connectivity index (χ2v) is 7.40. The van der Waals surface area contributed by atoms with Crippen LogP contribution in [0.3, 0.4) is 0 Å². The zero-order valence-electron chi connectivity index (χ0n) is 9.73. The zero-order valence-corrected chi connectivity index (χ0v) is 11.4. The summed E-state index contributed by atoms with van der Waals surface area (Å²) in [5, 5.41) is -0.311. The number of ether oxygens (including phenoxy) is 1. The van der Waals surface area contributed by atoms with Crippen LogP contribution in [-0.4, -0.2) is 38.1 Å². The lowest BCUT2D eigenvalue weighted by Crippen LogP contribution is -2.38. The molecule has 1 aliphatic carbocycles. The van der Waals surface area contributed by atoms with E-state index in [0.717, 1.165) is 0 Å². The monoisotopic (exact) mass is 265 g/mol. The molecule has 0 spiro atoms. The van der Waals surface area contributed by atoms with Gasteiger partial charge in [0.15, 0.2) is 9.84 Å². The van der Waals surface area contributed by atoms with Crippen molar-refractivity contribution in [2.45, 2.75) is 31.4 Å². The molecular weight excluding hydrogens is 246 g/mol. The lowest BCUT2D eigenvalue weighted by atomic mass is 9.87. The molecule has 1 fully saturated rings. The van der Waals surface area contributed by atoms with Gasteiger partial charge in [0, 0.05) is 18.3 Å². The summed E-state index contributed by atoms with van der Waals surface area (Å²) in [6.07, 6.45) is 1.85. The second kappa shape index (κ2) is 4.98. The molecule has 2 N–H and O–H groups in total. The van der Waals surface area contributed by atoms with Crippen LogP contribution >= 0.6 is 12.2 Å². The van der Waals surface area contributed by atoms with E-state index < -0.39 is 15.3 Å². The lowest BCUT2D eigenvalue weighted by Gasteiger charge is -2.27. The van der Waals surface area contributed by atoms with E-state index in [1.165, 1.54) is 0 Å². The van der Waals surface area contributed by atoms with Crippen LogP contribution in [0.15, 0.2) is 0 Å². The summed E-state index contributed by atoms with van der Waals surface area (Å²) in [6.45, 7) is 2.09. The van der Waals surface area contributed by atoms with E-state index in [2.05, 4.69) is 0 Å². The molecule has 0 amide bonds. The van der Waals surface area contributed by atoms with Gasteiger partial charge in [0.1, 0.15) is 0 Å². The number of thiocarbonyl (C=S) groups is 1. The molecule has 0 heterocycles. The second-order valence-electron chi connectivity index (χ2n) is 4.39. The third-order valence-electron chi connectivity index (χ3n) is 3.42. The fourth-order valence-electron chi connectivity index (χ4n) is 2.32. The number of methoxy groups -OCH3 is 1. The maximum Gasteiger partial charge on any atom is 0.152 e. The third kappa shape index (κ3) is 2.55. The van der Waals surface area contributed by atoms with E-state index in [0.29, 0.717) is 30.9 Å². The van der Waals surface area contributed by atoms with Gasteiger partial charge >= 0.3 is 0 Å². The van der Waals surface area contributed by atoms with Crippen molar-refractivity contribution in [3.8, 4) is 0 Å². The van der Waals surface area contributed by atoms with E-state index >= 15 is 0 Å². The van der Waals surface area contributed by atoms with Gasteiger partial charge in [-0.3, -0.25) is 0 Å². The summed E-state index contributed by atoms with van der Waals surface area (Å²) < 4.78 is 28.7. The van der Waals surface area contributed by atoms with Crippen LogP contribution < -0.4 is 5.73 Å². The number of rotatable bonds is 5. The third-order valence-corrected chi connectivity index (χ3v) is 6.07. The minimum absolute atomic E-state index is 0.179. The number of sulfone groups is 1. The minimum atomic E-state index is -2.99. The Morgan fingerprint density at radius 1 is 1.62 bits per heavy atom. The maximum atomic E-state index is 11.8. The Balaban J connectivity index is 2.87. The molecule has 0 aliphatic heterocycles. The van der Waals surface area contributed by atoms with Gasteiger partial charge in [-0.1, -0.05) is 19.1 Å². The average molecular weight is 265 g/mol. The van der Waals surface area contributed by atoms with Crippen molar-refractivity contribution < 1.29 is 13.2 Å². The highest BCUT2D eigenvalue weighted by atomic mass is 32.2. The number of nitrogens with two attached hydrogens (primary N) is 1. The van der Waals surface area contributed by atoms with Crippen molar-refractivity contribution in [1.82, 2.24) is 0 Å². The standard InChI is InChI=1S/C10H19NO3S2/c1-3-16(12,13)8-4-5-10(6-8,7-14-2)9(11)15/h8H,3-7H2,1-2H3,(H2,11,15)/t8-,10-/m1/s1. The molecule has 0 bridgehead atoms. The Morgan fingerprint density at radius 3 is 2.69 bits per heavy atom. The van der Waals surface area contributed by atoms with E-state index in [1.807, 2.05) is 0 Å². The summed E-state index contributed by atoms with van der Waals surface area (Å²) in [5.41, 5.74) is 5.30. The SMILES string of the molecule is CCS(=O)(=O)[C@@H]1CC[C@@](COC)(C(N)=S)C1. The molecule has 0 aromatic rings. The first kappa shape index (κ1) is 13.9. The van der Waals surface area contributed by atoms with Gasteiger partial charge in [0.25, 0.3) is 0 Å². The van der Waals surface area contributed by atoms with Gasteiger partial charge in [-0.2, -0.15) is 0 Å². The molecule has 0 aromatic carbocycles. The van der Waals surface area contributed by atoms with Crippen molar-refractivity contribution in [3.05, 3.63) is 0 Å². The van der Waals surface area contributed by atoms with Crippen molar-refractivity contribution in [2.24, 2.45) is 11.1 Å². The molecule has 1 saturated carbocycles. The van der Waals surface area contributed by atoms with Gasteiger partial charge in [-0.15, -0.1) is 0 Å².